The fourth-order valence-corrected chi connectivity index (χ4v) is 6.75. The zero-order valence-electron chi connectivity index (χ0n) is 21.5. The lowest BCUT2D eigenvalue weighted by molar-refractivity contribution is 0.390. The molecule has 1 unspecified atom stereocenters. The molecule has 0 radical (unpaired) electrons. The molecule has 2 aliphatic rings. The smallest absolute Gasteiger partial charge is 0.149 e. The van der Waals surface area contributed by atoms with Gasteiger partial charge in [-0.1, -0.05) is 35.9 Å². The Balaban J connectivity index is 1.59. The molecule has 0 spiro atoms. The summed E-state index contributed by atoms with van der Waals surface area (Å²) >= 11 is 1.79. The Morgan fingerprint density at radius 2 is 1.54 bits per heavy atom. The van der Waals surface area contributed by atoms with Crippen LogP contribution in [0, 0.1) is 13.8 Å². The van der Waals surface area contributed by atoms with Gasteiger partial charge in [0, 0.05) is 22.4 Å². The average molecular weight is 509 g/mol. The molecule has 4 nitrogen and oxygen atoms in total. The van der Waals surface area contributed by atoms with Gasteiger partial charge < -0.3 is 18.9 Å². The van der Waals surface area contributed by atoms with E-state index in [0.717, 1.165) is 60.8 Å². The molecule has 186 valence electrons. The summed E-state index contributed by atoms with van der Waals surface area (Å²) in [6.07, 6.45) is 4.58. The highest BCUT2D eigenvalue weighted by Gasteiger charge is 2.41. The number of hydrogen-bond acceptors (Lipinski definition) is 5. The van der Waals surface area contributed by atoms with E-state index in [9.17, 15) is 0 Å². The number of methoxy groups -OCH3 is 3. The van der Waals surface area contributed by atoms with Gasteiger partial charge in [0.2, 0.25) is 0 Å². The van der Waals surface area contributed by atoms with E-state index in [-0.39, 0.29) is 0 Å². The van der Waals surface area contributed by atoms with Crippen molar-refractivity contribution in [1.82, 2.24) is 0 Å². The minimum atomic E-state index is -0.537. The van der Waals surface area contributed by atoms with Gasteiger partial charge in [-0.15, -0.1) is 11.8 Å². The molecule has 0 aliphatic carbocycles. The van der Waals surface area contributed by atoms with E-state index in [1.54, 1.807) is 33.1 Å². The predicted octanol–water partition coefficient (Wildman–Crippen LogP) is 6.09. The average Bonchev–Trinajstić information content (AvgIpc) is 3.32. The summed E-state index contributed by atoms with van der Waals surface area (Å²) < 4.78 is 22.9. The molecule has 0 N–H and O–H groups in total. The molecule has 4 aromatic rings. The first kappa shape index (κ1) is 23.6. The van der Waals surface area contributed by atoms with Crippen LogP contribution >= 0.6 is 11.8 Å². The van der Waals surface area contributed by atoms with Crippen LogP contribution in [-0.4, -0.2) is 21.3 Å². The lowest BCUT2D eigenvalue weighted by atomic mass is 9.88. The normalized spacial score (nSPS) is 16.9. The summed E-state index contributed by atoms with van der Waals surface area (Å²) in [5.74, 6) is 4.14. The number of hydrogen-bond donors (Lipinski definition) is 0. The largest absolute Gasteiger partial charge is 0.497 e. The van der Waals surface area contributed by atoms with Crippen molar-refractivity contribution in [3.63, 3.8) is 0 Å². The van der Waals surface area contributed by atoms with E-state index in [0.29, 0.717) is 0 Å². The Morgan fingerprint density at radius 3 is 2.27 bits per heavy atom. The van der Waals surface area contributed by atoms with Gasteiger partial charge in [0.25, 0.3) is 0 Å². The van der Waals surface area contributed by atoms with Gasteiger partial charge in [0.15, 0.2) is 0 Å². The third-order valence-corrected chi connectivity index (χ3v) is 8.66. The molecule has 1 atom stereocenters. The molecule has 0 fully saturated rings. The zero-order valence-corrected chi connectivity index (χ0v) is 22.4. The van der Waals surface area contributed by atoms with Crippen molar-refractivity contribution in [2.45, 2.75) is 23.5 Å². The van der Waals surface area contributed by atoms with Crippen molar-refractivity contribution in [1.29, 1.82) is 0 Å². The Labute approximate surface area is 221 Å². The molecule has 37 heavy (non-hydrogen) atoms. The number of rotatable bonds is 5. The molecule has 2 heterocycles. The Bertz CT molecular complexity index is 1660. The van der Waals surface area contributed by atoms with Crippen LogP contribution in [0.1, 0.15) is 27.8 Å². The quantitative estimate of drug-likeness (QED) is 0.287. The highest BCUT2D eigenvalue weighted by molar-refractivity contribution is 8.01. The molecule has 0 aromatic heterocycles. The third-order valence-electron chi connectivity index (χ3n) is 7.14. The molecule has 2 aliphatic heterocycles. The molecule has 6 rings (SSSR count). The summed E-state index contributed by atoms with van der Waals surface area (Å²) in [6.45, 7) is 4.26. The van der Waals surface area contributed by atoms with Gasteiger partial charge in [0.05, 0.1) is 31.0 Å². The fraction of sp³-hybridized carbons (Fsp3) is 0.188. The van der Waals surface area contributed by atoms with Crippen molar-refractivity contribution in [2.75, 3.05) is 21.3 Å². The van der Waals surface area contributed by atoms with Crippen molar-refractivity contribution in [3.8, 4) is 28.7 Å². The van der Waals surface area contributed by atoms with Crippen LogP contribution in [-0.2, 0) is 4.75 Å². The number of thioether (sulfide) groups is 1. The lowest BCUT2D eigenvalue weighted by Gasteiger charge is -2.30. The number of fused-ring (bicyclic) bond motifs is 4. The van der Waals surface area contributed by atoms with Crippen molar-refractivity contribution in [3.05, 3.63) is 105 Å². The van der Waals surface area contributed by atoms with E-state index >= 15 is 0 Å². The lowest BCUT2D eigenvalue weighted by Crippen LogP contribution is -2.20. The van der Waals surface area contributed by atoms with E-state index < -0.39 is 4.75 Å². The summed E-state index contributed by atoms with van der Waals surface area (Å²) in [6, 6.07) is 22.9. The molecular formula is C32H28O4S. The van der Waals surface area contributed by atoms with Crippen molar-refractivity contribution in [2.24, 2.45) is 0 Å². The van der Waals surface area contributed by atoms with Gasteiger partial charge in [0.1, 0.15) is 28.7 Å². The van der Waals surface area contributed by atoms with Crippen LogP contribution in [0.2, 0.25) is 0 Å². The SMILES string of the molecule is COc1ccc(C2(c3ccc(OC)cc3OC)C=c3cc(C)c4c(c3S2)Oc2ccc(C)cc2C=4)cc1. The first-order chi connectivity index (χ1) is 18.0. The van der Waals surface area contributed by atoms with Gasteiger partial charge in [-0.2, -0.15) is 0 Å². The number of ether oxygens (including phenoxy) is 4. The van der Waals surface area contributed by atoms with E-state index in [1.807, 2.05) is 24.3 Å². The first-order valence-electron chi connectivity index (χ1n) is 12.2. The summed E-state index contributed by atoms with van der Waals surface area (Å²) in [5, 5.41) is 2.28. The highest BCUT2D eigenvalue weighted by Crippen LogP contribution is 2.55. The Kier molecular flexibility index (Phi) is 5.68. The number of aryl methyl sites for hydroxylation is 2. The van der Waals surface area contributed by atoms with Crippen LogP contribution in [0.5, 0.6) is 28.7 Å². The standard InChI is InChI=1S/C32H28O4S/c1-19-6-13-28-21(14-19)16-26-20(2)15-22-18-32(37-31(22)30(26)36-28,23-7-9-24(33-3)10-8-23)27-12-11-25(34-4)17-29(27)35-5/h6-18H,1-5H3. The Hall–Kier alpha value is -3.83. The maximum Gasteiger partial charge on any atom is 0.149 e. The highest BCUT2D eigenvalue weighted by atomic mass is 32.2. The predicted molar refractivity (Wildman–Crippen MR) is 149 cm³/mol. The zero-order chi connectivity index (χ0) is 25.7. The maximum atomic E-state index is 6.61. The molecule has 4 aromatic carbocycles. The van der Waals surface area contributed by atoms with E-state index in [4.69, 9.17) is 18.9 Å². The van der Waals surface area contributed by atoms with Gasteiger partial charge in [-0.3, -0.25) is 0 Å². The molecule has 5 heteroatoms. The summed E-state index contributed by atoms with van der Waals surface area (Å²) in [7, 11) is 5.06. The van der Waals surface area contributed by atoms with Crippen molar-refractivity contribution >= 4 is 23.9 Å². The van der Waals surface area contributed by atoms with Crippen LogP contribution in [0.15, 0.2) is 71.6 Å². The van der Waals surface area contributed by atoms with Crippen LogP contribution < -0.4 is 29.4 Å². The molecule has 0 saturated carbocycles. The molecule has 0 saturated heterocycles. The number of benzene rings is 4. The Morgan fingerprint density at radius 1 is 0.784 bits per heavy atom. The van der Waals surface area contributed by atoms with Gasteiger partial charge in [-0.25, -0.2) is 0 Å². The first-order valence-corrected chi connectivity index (χ1v) is 13.0. The van der Waals surface area contributed by atoms with E-state index in [1.165, 1.54) is 11.1 Å². The second kappa shape index (κ2) is 8.93. The molecule has 0 bridgehead atoms. The topological polar surface area (TPSA) is 36.9 Å². The second-order valence-corrected chi connectivity index (χ2v) is 10.7. The van der Waals surface area contributed by atoms with Crippen LogP contribution in [0.3, 0.4) is 0 Å². The maximum absolute atomic E-state index is 6.61. The summed E-state index contributed by atoms with van der Waals surface area (Å²) in [4.78, 5) is 1.12. The monoisotopic (exact) mass is 508 g/mol. The fourth-order valence-electron chi connectivity index (χ4n) is 5.23. The second-order valence-electron chi connectivity index (χ2n) is 9.42. The minimum absolute atomic E-state index is 0.537. The van der Waals surface area contributed by atoms with Crippen LogP contribution in [0.4, 0.5) is 0 Å². The van der Waals surface area contributed by atoms with Crippen LogP contribution in [0.25, 0.3) is 12.2 Å². The summed E-state index contributed by atoms with van der Waals surface area (Å²) in [5.41, 5.74) is 5.68. The van der Waals surface area contributed by atoms with Crippen molar-refractivity contribution < 1.29 is 18.9 Å². The third kappa shape index (κ3) is 3.77. The van der Waals surface area contributed by atoms with Gasteiger partial charge in [-0.05, 0) is 72.7 Å². The molecular weight excluding hydrogens is 480 g/mol. The molecule has 0 amide bonds. The minimum Gasteiger partial charge on any atom is -0.497 e. The van der Waals surface area contributed by atoms with Gasteiger partial charge >= 0.3 is 0 Å². The van der Waals surface area contributed by atoms with E-state index in [2.05, 4.69) is 68.5 Å².